The number of aliphatic hydroxyl groups is 1. The van der Waals surface area contributed by atoms with Gasteiger partial charge in [-0.05, 0) is 6.07 Å². The van der Waals surface area contributed by atoms with Crippen molar-refractivity contribution < 1.29 is 41.8 Å². The molecule has 0 radical (unpaired) electrons. The standard InChI is InChI=1S/C12H10F5NO4/c13-5-1-2-6(7(14)3-5)9(19)4-8(10(20)21)18-11(22)12(15,16)17/h1-3,8-9,19H,4H2,(H,18,22)(H,20,21)/t8-,9-/m0/s1. The zero-order valence-electron chi connectivity index (χ0n) is 10.7. The summed E-state index contributed by atoms with van der Waals surface area (Å²) in [6.45, 7) is 0. The number of carboxylic acids is 1. The van der Waals surface area contributed by atoms with E-state index in [9.17, 15) is 36.6 Å². The molecule has 5 nitrogen and oxygen atoms in total. The van der Waals surface area contributed by atoms with Gasteiger partial charge in [-0.1, -0.05) is 6.07 Å². The molecule has 1 aromatic rings. The van der Waals surface area contributed by atoms with Crippen LogP contribution in [0.25, 0.3) is 0 Å². The van der Waals surface area contributed by atoms with Crippen LogP contribution in [-0.2, 0) is 9.59 Å². The summed E-state index contributed by atoms with van der Waals surface area (Å²) in [4.78, 5) is 21.5. The van der Waals surface area contributed by atoms with Crippen LogP contribution in [0.2, 0.25) is 0 Å². The largest absolute Gasteiger partial charge is 0.480 e. The lowest BCUT2D eigenvalue weighted by Gasteiger charge is -2.19. The van der Waals surface area contributed by atoms with Gasteiger partial charge in [0.1, 0.15) is 17.7 Å². The topological polar surface area (TPSA) is 86.6 Å². The molecule has 0 fully saturated rings. The van der Waals surface area contributed by atoms with E-state index in [1.165, 1.54) is 5.32 Å². The summed E-state index contributed by atoms with van der Waals surface area (Å²) < 4.78 is 62.3. The molecule has 0 spiro atoms. The molecule has 0 aliphatic carbocycles. The Morgan fingerprint density at radius 3 is 2.27 bits per heavy atom. The van der Waals surface area contributed by atoms with E-state index in [1.54, 1.807) is 0 Å². The smallest absolute Gasteiger partial charge is 0.471 e. The fourth-order valence-corrected chi connectivity index (χ4v) is 1.58. The molecule has 0 aliphatic heterocycles. The molecule has 1 amide bonds. The normalized spacial score (nSPS) is 14.3. The number of carbonyl (C=O) groups excluding carboxylic acids is 1. The first-order valence-electron chi connectivity index (χ1n) is 5.76. The number of hydrogen-bond donors (Lipinski definition) is 3. The summed E-state index contributed by atoms with van der Waals surface area (Å²) in [5.74, 6) is -6.50. The third kappa shape index (κ3) is 4.65. The minimum absolute atomic E-state index is 0.419. The first-order valence-corrected chi connectivity index (χ1v) is 5.76. The van der Waals surface area contributed by atoms with Gasteiger partial charge in [-0.2, -0.15) is 13.2 Å². The lowest BCUT2D eigenvalue weighted by atomic mass is 10.0. The molecule has 122 valence electrons. The van der Waals surface area contributed by atoms with Crippen LogP contribution in [0.3, 0.4) is 0 Å². The van der Waals surface area contributed by atoms with Gasteiger partial charge < -0.3 is 15.5 Å². The number of carbonyl (C=O) groups is 2. The third-order valence-corrected chi connectivity index (χ3v) is 2.64. The lowest BCUT2D eigenvalue weighted by Crippen LogP contribution is -2.47. The van der Waals surface area contributed by atoms with Gasteiger partial charge in [0.05, 0.1) is 6.10 Å². The summed E-state index contributed by atoms with van der Waals surface area (Å²) in [5, 5.41) is 19.6. The Kier molecular flexibility index (Phi) is 5.42. The first kappa shape index (κ1) is 17.8. The van der Waals surface area contributed by atoms with Gasteiger partial charge >= 0.3 is 18.1 Å². The first-order chi connectivity index (χ1) is 10.0. The molecule has 22 heavy (non-hydrogen) atoms. The Balaban J connectivity index is 2.87. The molecule has 0 aliphatic rings. The van der Waals surface area contributed by atoms with Gasteiger partial charge in [0.25, 0.3) is 0 Å². The number of amides is 1. The zero-order chi connectivity index (χ0) is 17.1. The molecule has 0 saturated carbocycles. The van der Waals surface area contributed by atoms with Crippen LogP contribution < -0.4 is 5.32 Å². The van der Waals surface area contributed by atoms with Crippen molar-refractivity contribution in [3.05, 3.63) is 35.4 Å². The Morgan fingerprint density at radius 1 is 1.23 bits per heavy atom. The van der Waals surface area contributed by atoms with Crippen molar-refractivity contribution in [1.82, 2.24) is 5.32 Å². The molecule has 0 saturated heterocycles. The van der Waals surface area contributed by atoms with Gasteiger partial charge in [-0.25, -0.2) is 13.6 Å². The van der Waals surface area contributed by atoms with Crippen molar-refractivity contribution in [3.8, 4) is 0 Å². The van der Waals surface area contributed by atoms with Crippen LogP contribution in [-0.4, -0.2) is 34.3 Å². The minimum atomic E-state index is -5.31. The Bertz CT molecular complexity index is 575. The lowest BCUT2D eigenvalue weighted by molar-refractivity contribution is -0.175. The maximum absolute atomic E-state index is 13.4. The second-order valence-corrected chi connectivity index (χ2v) is 4.28. The molecular formula is C12H10F5NO4. The molecule has 0 unspecified atom stereocenters. The van der Waals surface area contributed by atoms with Crippen LogP contribution in [0, 0.1) is 11.6 Å². The predicted molar refractivity (Wildman–Crippen MR) is 61.6 cm³/mol. The third-order valence-electron chi connectivity index (χ3n) is 2.64. The Morgan fingerprint density at radius 2 is 1.82 bits per heavy atom. The Labute approximate surface area is 120 Å². The highest BCUT2D eigenvalue weighted by Gasteiger charge is 2.41. The Hall–Kier alpha value is -2.23. The van der Waals surface area contributed by atoms with Crippen molar-refractivity contribution in [1.29, 1.82) is 0 Å². The number of carboxylic acid groups (broad SMARTS) is 1. The number of hydrogen-bond acceptors (Lipinski definition) is 3. The number of alkyl halides is 3. The van der Waals surface area contributed by atoms with Gasteiger partial charge in [0, 0.05) is 18.1 Å². The highest BCUT2D eigenvalue weighted by Crippen LogP contribution is 2.23. The van der Waals surface area contributed by atoms with Crippen molar-refractivity contribution >= 4 is 11.9 Å². The molecule has 0 aromatic heterocycles. The molecule has 10 heteroatoms. The van der Waals surface area contributed by atoms with Crippen LogP contribution in [0.15, 0.2) is 18.2 Å². The van der Waals surface area contributed by atoms with E-state index in [0.29, 0.717) is 6.07 Å². The summed E-state index contributed by atoms with van der Waals surface area (Å²) >= 11 is 0. The minimum Gasteiger partial charge on any atom is -0.480 e. The number of rotatable bonds is 5. The van der Waals surface area contributed by atoms with E-state index in [0.717, 1.165) is 12.1 Å². The van der Waals surface area contributed by atoms with Gasteiger partial charge in [0.2, 0.25) is 0 Å². The van der Waals surface area contributed by atoms with E-state index in [4.69, 9.17) is 5.11 Å². The molecule has 1 aromatic carbocycles. The summed E-state index contributed by atoms with van der Waals surface area (Å²) in [5.41, 5.74) is -0.506. The molecular weight excluding hydrogens is 317 g/mol. The van der Waals surface area contributed by atoms with E-state index < -0.39 is 53.8 Å². The monoisotopic (exact) mass is 327 g/mol. The highest BCUT2D eigenvalue weighted by atomic mass is 19.4. The van der Waals surface area contributed by atoms with Crippen molar-refractivity contribution in [2.24, 2.45) is 0 Å². The second-order valence-electron chi connectivity index (χ2n) is 4.28. The van der Waals surface area contributed by atoms with Crippen molar-refractivity contribution in [2.75, 3.05) is 0 Å². The van der Waals surface area contributed by atoms with Crippen molar-refractivity contribution in [2.45, 2.75) is 24.7 Å². The van der Waals surface area contributed by atoms with Crippen LogP contribution in [0.1, 0.15) is 18.1 Å². The maximum atomic E-state index is 13.4. The molecule has 1 rings (SSSR count). The van der Waals surface area contributed by atoms with E-state index >= 15 is 0 Å². The zero-order valence-corrected chi connectivity index (χ0v) is 10.7. The van der Waals surface area contributed by atoms with E-state index in [1.807, 2.05) is 0 Å². The fraction of sp³-hybridized carbons (Fsp3) is 0.333. The quantitative estimate of drug-likeness (QED) is 0.716. The number of halogens is 5. The second kappa shape index (κ2) is 6.69. The predicted octanol–water partition coefficient (Wildman–Crippen LogP) is 1.52. The van der Waals surface area contributed by atoms with Crippen LogP contribution >= 0.6 is 0 Å². The van der Waals surface area contributed by atoms with Crippen molar-refractivity contribution in [3.63, 3.8) is 0 Å². The van der Waals surface area contributed by atoms with E-state index in [-0.39, 0.29) is 0 Å². The number of nitrogens with one attached hydrogen (secondary N) is 1. The average molecular weight is 327 g/mol. The summed E-state index contributed by atoms with van der Waals surface area (Å²) in [7, 11) is 0. The van der Waals surface area contributed by atoms with Gasteiger partial charge in [-0.3, -0.25) is 4.79 Å². The molecule has 0 heterocycles. The number of benzene rings is 1. The van der Waals surface area contributed by atoms with Crippen LogP contribution in [0.5, 0.6) is 0 Å². The highest BCUT2D eigenvalue weighted by molar-refractivity contribution is 5.86. The summed E-state index contributed by atoms with van der Waals surface area (Å²) in [6, 6.07) is -0.0812. The average Bonchev–Trinajstić information content (AvgIpc) is 2.36. The fourth-order valence-electron chi connectivity index (χ4n) is 1.58. The van der Waals surface area contributed by atoms with E-state index in [2.05, 4.69) is 0 Å². The number of aliphatic carboxylic acids is 1. The summed E-state index contributed by atoms with van der Waals surface area (Å²) in [6.07, 6.45) is -8.09. The molecule has 0 bridgehead atoms. The molecule has 3 N–H and O–H groups in total. The number of aliphatic hydroxyl groups excluding tert-OH is 1. The molecule has 2 atom stereocenters. The SMILES string of the molecule is O=C(O)[C@H](C[C@H](O)c1ccc(F)cc1F)NC(=O)C(F)(F)F. The van der Waals surface area contributed by atoms with Gasteiger partial charge in [-0.15, -0.1) is 0 Å². The van der Waals surface area contributed by atoms with Crippen LogP contribution in [0.4, 0.5) is 22.0 Å². The van der Waals surface area contributed by atoms with Gasteiger partial charge in [0.15, 0.2) is 0 Å². The maximum Gasteiger partial charge on any atom is 0.471 e.